The maximum absolute atomic E-state index is 13.3. The zero-order valence-electron chi connectivity index (χ0n) is 31.9. The molecule has 1 saturated heterocycles. The second-order valence-electron chi connectivity index (χ2n) is 13.7. The van der Waals surface area contributed by atoms with Gasteiger partial charge in [-0.05, 0) is 89.3 Å². The van der Waals surface area contributed by atoms with E-state index in [1.54, 1.807) is 18.2 Å². The number of esters is 3. The van der Waals surface area contributed by atoms with E-state index in [0.29, 0.717) is 31.2 Å². The lowest BCUT2D eigenvalue weighted by Gasteiger charge is -2.29. The molecule has 0 saturated carbocycles. The quantitative estimate of drug-likeness (QED) is 0.0328. The van der Waals surface area contributed by atoms with Crippen molar-refractivity contribution in [3.63, 3.8) is 0 Å². The first kappa shape index (κ1) is 44.0. The molecule has 0 bridgehead atoms. The Balaban J connectivity index is 0.000000539. The number of allylic oxidation sites excluding steroid dienone is 2. The molecule has 2 amide bonds. The number of hydrogen-bond acceptors (Lipinski definition) is 11. The number of benzene rings is 2. The predicted molar refractivity (Wildman–Crippen MR) is 198 cm³/mol. The van der Waals surface area contributed by atoms with Crippen molar-refractivity contribution < 1.29 is 53.2 Å². The number of nitrogens with one attached hydrogen (secondary N) is 2. The number of aromatic hydroxyl groups is 2. The summed E-state index contributed by atoms with van der Waals surface area (Å²) in [4.78, 5) is 73.9. The highest BCUT2D eigenvalue weighted by atomic mass is 16.6. The number of amides is 2. The Morgan fingerprint density at radius 2 is 1.64 bits per heavy atom. The Kier molecular flexibility index (Phi) is 17.7. The fraction of sp³-hybridized carbons (Fsp3) is 0.500. The predicted octanol–water partition coefficient (Wildman–Crippen LogP) is 6.19. The molecule has 0 radical (unpaired) electrons. The monoisotopic (exact) mass is 738 g/mol. The lowest BCUT2D eigenvalue weighted by molar-refractivity contribution is -0.175. The van der Waals surface area contributed by atoms with Crippen LogP contribution in [0.4, 0.5) is 5.69 Å². The number of carbonyl (C=O) groups excluding carboxylic acids is 6. The van der Waals surface area contributed by atoms with Crippen LogP contribution in [0.1, 0.15) is 114 Å². The van der Waals surface area contributed by atoms with E-state index in [1.165, 1.54) is 44.5 Å². The first-order valence-corrected chi connectivity index (χ1v) is 17.9. The number of carbonyl (C=O) groups is 6. The minimum Gasteiger partial charge on any atom is -0.508 e. The zero-order valence-corrected chi connectivity index (χ0v) is 31.9. The molecule has 2 aromatic carbocycles. The first-order chi connectivity index (χ1) is 25.0. The van der Waals surface area contributed by atoms with Crippen molar-refractivity contribution >= 4 is 41.7 Å². The fourth-order valence-electron chi connectivity index (χ4n) is 5.51. The third-order valence-corrected chi connectivity index (χ3v) is 8.45. The Hall–Kier alpha value is -5.20. The van der Waals surface area contributed by atoms with Crippen LogP contribution in [0.25, 0.3) is 0 Å². The van der Waals surface area contributed by atoms with Gasteiger partial charge < -0.3 is 35.1 Å². The summed E-state index contributed by atoms with van der Waals surface area (Å²) in [7, 11) is 0. The van der Waals surface area contributed by atoms with E-state index in [0.717, 1.165) is 18.4 Å². The Labute approximate surface area is 311 Å². The summed E-state index contributed by atoms with van der Waals surface area (Å²) in [5.41, 5.74) is 2.42. The van der Waals surface area contributed by atoms with E-state index in [9.17, 15) is 39.0 Å². The van der Waals surface area contributed by atoms with E-state index in [4.69, 9.17) is 14.2 Å². The number of hydrogen-bond donors (Lipinski definition) is 4. The minimum absolute atomic E-state index is 0.00114. The van der Waals surface area contributed by atoms with Gasteiger partial charge in [0.05, 0.1) is 17.2 Å². The van der Waals surface area contributed by atoms with Crippen molar-refractivity contribution in [3.8, 4) is 11.5 Å². The Morgan fingerprint density at radius 1 is 0.962 bits per heavy atom. The summed E-state index contributed by atoms with van der Waals surface area (Å²) in [6.45, 7) is 14.2. The number of ketones is 1. The van der Waals surface area contributed by atoms with Crippen molar-refractivity contribution in [2.45, 2.75) is 118 Å². The zero-order chi connectivity index (χ0) is 39.8. The molecule has 0 aromatic heterocycles. The van der Waals surface area contributed by atoms with Gasteiger partial charge in [0.25, 0.3) is 5.91 Å². The van der Waals surface area contributed by atoms with Crippen molar-refractivity contribution in [3.05, 3.63) is 64.7 Å². The molecule has 13 heteroatoms. The highest BCUT2D eigenvalue weighted by molar-refractivity contribution is 6.01. The second-order valence-corrected chi connectivity index (χ2v) is 13.7. The molecule has 2 aromatic rings. The molecule has 290 valence electrons. The summed E-state index contributed by atoms with van der Waals surface area (Å²) in [5.74, 6) is -4.00. The van der Waals surface area contributed by atoms with Crippen LogP contribution in [0.5, 0.6) is 11.5 Å². The number of rotatable bonds is 14. The number of unbranched alkanes of at least 4 members (excludes halogenated alkanes) is 2. The molecule has 1 aliphatic rings. The molecular formula is C40H54N2O11. The third kappa shape index (κ3) is 13.7. The van der Waals surface area contributed by atoms with Crippen LogP contribution in [0.2, 0.25) is 0 Å². The van der Waals surface area contributed by atoms with Gasteiger partial charge in [-0.2, -0.15) is 0 Å². The standard InChI is InChI=1S/C27H38N2O9.C13H16O2/c1-6-7-8-10-19-24(38-21(31)13-15(2)3)17(5)37-27(35)22(16(4)36-26(19)34)29-25(33)18-11-9-12-20(23(18)32)28-14-30;1-9(2)4-5-12-8-11(10(3)14)6-7-13(12)15/h9,11-12,14-17,19,22,24,32H,6-8,10,13H2,1-5H3,(H,28,30)(H,29,33);4,6-8,15H,5H2,1-3H3. The lowest BCUT2D eigenvalue weighted by Crippen LogP contribution is -2.50. The molecule has 0 aliphatic carbocycles. The van der Waals surface area contributed by atoms with Gasteiger partial charge >= 0.3 is 17.9 Å². The van der Waals surface area contributed by atoms with Crippen LogP contribution >= 0.6 is 0 Å². The molecule has 1 aliphatic heterocycles. The van der Waals surface area contributed by atoms with Crippen molar-refractivity contribution in [2.24, 2.45) is 11.8 Å². The number of cyclic esters (lactones) is 2. The Morgan fingerprint density at radius 3 is 2.25 bits per heavy atom. The van der Waals surface area contributed by atoms with Crippen molar-refractivity contribution in [1.82, 2.24) is 5.32 Å². The van der Waals surface area contributed by atoms with Gasteiger partial charge in [0.15, 0.2) is 23.7 Å². The van der Waals surface area contributed by atoms with E-state index < -0.39 is 59.8 Å². The van der Waals surface area contributed by atoms with Crippen LogP contribution in [0.3, 0.4) is 0 Å². The largest absolute Gasteiger partial charge is 0.508 e. The van der Waals surface area contributed by atoms with E-state index in [2.05, 4.69) is 10.6 Å². The lowest BCUT2D eigenvalue weighted by atomic mass is 9.92. The van der Waals surface area contributed by atoms with Crippen molar-refractivity contribution in [2.75, 3.05) is 5.32 Å². The summed E-state index contributed by atoms with van der Waals surface area (Å²) in [5, 5.41) is 24.7. The number of anilines is 1. The summed E-state index contributed by atoms with van der Waals surface area (Å²) in [6, 6.07) is 7.67. The van der Waals surface area contributed by atoms with Gasteiger partial charge in [-0.3, -0.25) is 24.0 Å². The van der Waals surface area contributed by atoms with E-state index >= 15 is 0 Å². The average Bonchev–Trinajstić information content (AvgIpc) is 3.10. The van der Waals surface area contributed by atoms with Crippen LogP contribution in [0, 0.1) is 11.8 Å². The molecule has 13 nitrogen and oxygen atoms in total. The first-order valence-electron chi connectivity index (χ1n) is 17.9. The molecule has 5 unspecified atom stereocenters. The van der Waals surface area contributed by atoms with Gasteiger partial charge in [-0.1, -0.05) is 57.7 Å². The summed E-state index contributed by atoms with van der Waals surface area (Å²) >= 11 is 0. The number of phenolic OH excluding ortho intramolecular Hbond substituents is 2. The van der Waals surface area contributed by atoms with Crippen LogP contribution < -0.4 is 10.6 Å². The molecule has 5 atom stereocenters. The van der Waals surface area contributed by atoms with Crippen LogP contribution in [-0.4, -0.2) is 70.6 Å². The molecule has 3 rings (SSSR count). The van der Waals surface area contributed by atoms with Gasteiger partial charge in [0.1, 0.15) is 18.0 Å². The van der Waals surface area contributed by atoms with Crippen molar-refractivity contribution in [1.29, 1.82) is 0 Å². The maximum Gasteiger partial charge on any atom is 0.332 e. The minimum atomic E-state index is -1.42. The number of Topliss-reactive ketones (excluding diaryl/α,β-unsaturated/α-hetero) is 1. The topological polar surface area (TPSA) is 195 Å². The molecule has 4 N–H and O–H groups in total. The van der Waals surface area contributed by atoms with E-state index in [-0.39, 0.29) is 35.1 Å². The summed E-state index contributed by atoms with van der Waals surface area (Å²) < 4.78 is 16.9. The third-order valence-electron chi connectivity index (χ3n) is 8.45. The van der Waals surface area contributed by atoms with E-state index in [1.807, 2.05) is 40.7 Å². The van der Waals surface area contributed by atoms with Gasteiger partial charge in [-0.15, -0.1) is 0 Å². The highest BCUT2D eigenvalue weighted by Gasteiger charge is 2.44. The highest BCUT2D eigenvalue weighted by Crippen LogP contribution is 2.29. The molecule has 1 fully saturated rings. The van der Waals surface area contributed by atoms with Gasteiger partial charge in [0, 0.05) is 12.0 Å². The second kappa shape index (κ2) is 21.4. The van der Waals surface area contributed by atoms with Gasteiger partial charge in [-0.25, -0.2) is 4.79 Å². The molecule has 53 heavy (non-hydrogen) atoms. The number of ether oxygens (including phenoxy) is 3. The molecule has 0 spiro atoms. The SMILES string of the molecule is CC(=O)c1ccc(O)c(CC=C(C)C)c1.CCCCCC1C(=O)OC(C)C(NC(=O)c2cccc(NC=O)c2O)C(=O)OC(C)C1OC(=O)CC(C)C. The summed E-state index contributed by atoms with van der Waals surface area (Å²) in [6.07, 6.45) is 2.75. The molecular weight excluding hydrogens is 684 g/mol. The fourth-order valence-corrected chi connectivity index (χ4v) is 5.51. The smallest absolute Gasteiger partial charge is 0.332 e. The van der Waals surface area contributed by atoms with Crippen LogP contribution in [0.15, 0.2) is 48.0 Å². The number of phenols is 2. The van der Waals surface area contributed by atoms with Gasteiger partial charge in [0.2, 0.25) is 6.41 Å². The normalized spacial score (nSPS) is 19.8. The molecule has 1 heterocycles. The average molecular weight is 739 g/mol. The van der Waals surface area contributed by atoms with Crippen LogP contribution in [-0.2, 0) is 39.8 Å². The maximum atomic E-state index is 13.3. The number of para-hydroxylation sites is 1. The Bertz CT molecular complexity index is 1630.